The van der Waals surface area contributed by atoms with Crippen molar-refractivity contribution in [2.24, 2.45) is 17.8 Å². The second-order valence-corrected chi connectivity index (χ2v) is 6.47. The first kappa shape index (κ1) is 17.4. The third-order valence-corrected chi connectivity index (χ3v) is 4.91. The first-order valence-corrected chi connectivity index (χ1v) is 8.68. The highest BCUT2D eigenvalue weighted by Crippen LogP contribution is 2.45. The van der Waals surface area contributed by atoms with E-state index >= 15 is 0 Å². The number of Topliss-reactive ketones (excluding diaryl/α,β-unsaturated/α-hetero) is 1. The largest absolute Gasteiger partial charge is 0.303 e. The van der Waals surface area contributed by atoms with Gasteiger partial charge >= 0.3 is 0 Å². The Morgan fingerprint density at radius 2 is 1.70 bits per heavy atom. The summed E-state index contributed by atoms with van der Waals surface area (Å²) in [5, 5.41) is 0. The van der Waals surface area contributed by atoms with Gasteiger partial charge < -0.3 is 4.79 Å². The Balaban J connectivity index is 0.000000444. The summed E-state index contributed by atoms with van der Waals surface area (Å²) in [6.07, 6.45) is 14.1. The highest BCUT2D eigenvalue weighted by Gasteiger charge is 2.35. The second-order valence-electron chi connectivity index (χ2n) is 6.47. The Morgan fingerprint density at radius 1 is 1.05 bits per heavy atom. The maximum Gasteiger partial charge on any atom is 0.133 e. The first-order chi connectivity index (χ1) is 9.72. The van der Waals surface area contributed by atoms with Gasteiger partial charge in [0.25, 0.3) is 0 Å². The molecule has 2 aliphatic rings. The van der Waals surface area contributed by atoms with Crippen LogP contribution < -0.4 is 0 Å². The molecule has 2 aliphatic carbocycles. The molecule has 0 aromatic carbocycles. The minimum Gasteiger partial charge on any atom is -0.303 e. The summed E-state index contributed by atoms with van der Waals surface area (Å²) in [5.74, 6) is 3.15. The van der Waals surface area contributed by atoms with Gasteiger partial charge in [-0.1, -0.05) is 46.0 Å². The summed E-state index contributed by atoms with van der Waals surface area (Å²) in [4.78, 5) is 21.0. The van der Waals surface area contributed by atoms with Crippen LogP contribution in [0, 0.1) is 17.8 Å². The third-order valence-electron chi connectivity index (χ3n) is 4.91. The first-order valence-electron chi connectivity index (χ1n) is 8.68. The minimum absolute atomic E-state index is 0.527. The summed E-state index contributed by atoms with van der Waals surface area (Å²) in [6, 6.07) is 0. The number of rotatable bonds is 5. The number of hydrogen-bond donors (Lipinski definition) is 0. The topological polar surface area (TPSA) is 34.1 Å². The van der Waals surface area contributed by atoms with E-state index in [0.717, 1.165) is 43.3 Å². The standard InChI is InChI=1S/C15H26O.C3H6O/c1-2-6-14(16)11-13-9-5-8-12-7-3-4-10-15(12)13;1-2-3-4/h12-13,15H,2-11H2,1H3;3H,2H2,1H3. The molecule has 0 amide bonds. The zero-order valence-corrected chi connectivity index (χ0v) is 13.4. The van der Waals surface area contributed by atoms with E-state index in [4.69, 9.17) is 0 Å². The Morgan fingerprint density at radius 3 is 2.35 bits per heavy atom. The lowest BCUT2D eigenvalue weighted by atomic mass is 9.64. The fourth-order valence-electron chi connectivity index (χ4n) is 4.00. The van der Waals surface area contributed by atoms with Crippen LogP contribution >= 0.6 is 0 Å². The molecule has 0 aromatic rings. The molecule has 2 rings (SSSR count). The molecule has 0 aliphatic heterocycles. The van der Waals surface area contributed by atoms with Crippen LogP contribution in [-0.4, -0.2) is 12.1 Å². The van der Waals surface area contributed by atoms with Gasteiger partial charge in [0.1, 0.15) is 12.1 Å². The van der Waals surface area contributed by atoms with E-state index in [0.29, 0.717) is 12.2 Å². The lowest BCUT2D eigenvalue weighted by molar-refractivity contribution is -0.121. The van der Waals surface area contributed by atoms with E-state index in [1.54, 1.807) is 0 Å². The van der Waals surface area contributed by atoms with Gasteiger partial charge in [-0.25, -0.2) is 0 Å². The predicted molar refractivity (Wildman–Crippen MR) is 83.7 cm³/mol. The Labute approximate surface area is 124 Å². The van der Waals surface area contributed by atoms with Gasteiger partial charge in [0, 0.05) is 19.3 Å². The van der Waals surface area contributed by atoms with Crippen molar-refractivity contribution in [1.29, 1.82) is 0 Å². The zero-order valence-electron chi connectivity index (χ0n) is 13.4. The summed E-state index contributed by atoms with van der Waals surface area (Å²) in [5.41, 5.74) is 0. The number of aldehydes is 1. The van der Waals surface area contributed by atoms with Crippen LogP contribution in [0.4, 0.5) is 0 Å². The fourth-order valence-corrected chi connectivity index (χ4v) is 4.00. The summed E-state index contributed by atoms with van der Waals surface area (Å²) >= 11 is 0. The van der Waals surface area contributed by atoms with Crippen molar-refractivity contribution in [2.45, 2.75) is 84.5 Å². The maximum absolute atomic E-state index is 11.8. The van der Waals surface area contributed by atoms with Crippen LogP contribution in [0.15, 0.2) is 0 Å². The molecule has 0 heterocycles. The van der Waals surface area contributed by atoms with Crippen LogP contribution in [0.1, 0.15) is 84.5 Å². The Hall–Kier alpha value is -0.660. The minimum atomic E-state index is 0.527. The molecule has 2 heteroatoms. The summed E-state index contributed by atoms with van der Waals surface area (Å²) < 4.78 is 0. The van der Waals surface area contributed by atoms with E-state index in [-0.39, 0.29) is 0 Å². The molecule has 2 nitrogen and oxygen atoms in total. The number of carbonyl (C=O) groups is 2. The molecular formula is C18H32O2. The van der Waals surface area contributed by atoms with Gasteiger partial charge in [-0.05, 0) is 37.0 Å². The lowest BCUT2D eigenvalue weighted by Crippen LogP contribution is -2.32. The third kappa shape index (κ3) is 5.76. The second kappa shape index (κ2) is 10.1. The van der Waals surface area contributed by atoms with Crippen molar-refractivity contribution in [3.8, 4) is 0 Å². The normalized spacial score (nSPS) is 28.8. The van der Waals surface area contributed by atoms with Crippen molar-refractivity contribution in [1.82, 2.24) is 0 Å². The number of fused-ring (bicyclic) bond motifs is 1. The highest BCUT2D eigenvalue weighted by atomic mass is 16.1. The van der Waals surface area contributed by atoms with E-state index in [1.165, 1.54) is 44.9 Å². The van der Waals surface area contributed by atoms with Crippen molar-refractivity contribution in [3.05, 3.63) is 0 Å². The van der Waals surface area contributed by atoms with Crippen molar-refractivity contribution < 1.29 is 9.59 Å². The van der Waals surface area contributed by atoms with E-state index in [2.05, 4.69) is 6.92 Å². The maximum atomic E-state index is 11.8. The molecule has 2 fully saturated rings. The van der Waals surface area contributed by atoms with Gasteiger partial charge in [-0.15, -0.1) is 0 Å². The van der Waals surface area contributed by atoms with Gasteiger partial charge in [0.2, 0.25) is 0 Å². The van der Waals surface area contributed by atoms with E-state index < -0.39 is 0 Å². The molecule has 20 heavy (non-hydrogen) atoms. The monoisotopic (exact) mass is 280 g/mol. The van der Waals surface area contributed by atoms with Crippen molar-refractivity contribution in [2.75, 3.05) is 0 Å². The van der Waals surface area contributed by atoms with Crippen LogP contribution in [0.25, 0.3) is 0 Å². The smallest absolute Gasteiger partial charge is 0.133 e. The predicted octanol–water partition coefficient (Wildman–Crippen LogP) is 4.95. The van der Waals surface area contributed by atoms with Gasteiger partial charge in [-0.3, -0.25) is 4.79 Å². The molecule has 3 atom stereocenters. The van der Waals surface area contributed by atoms with Crippen LogP contribution in [0.3, 0.4) is 0 Å². The summed E-state index contributed by atoms with van der Waals surface area (Å²) in [7, 11) is 0. The number of carbonyl (C=O) groups excluding carboxylic acids is 2. The van der Waals surface area contributed by atoms with Crippen molar-refractivity contribution >= 4 is 12.1 Å². The fraction of sp³-hybridized carbons (Fsp3) is 0.889. The number of hydrogen-bond acceptors (Lipinski definition) is 2. The van der Waals surface area contributed by atoms with E-state index in [1.807, 2.05) is 6.92 Å². The SMILES string of the molecule is CCC=O.CCCC(=O)CC1CCCC2CCCCC21. The van der Waals surface area contributed by atoms with Crippen LogP contribution in [0.5, 0.6) is 0 Å². The molecule has 0 N–H and O–H groups in total. The molecule has 0 spiro atoms. The lowest BCUT2D eigenvalue weighted by Gasteiger charge is -2.41. The Bertz CT molecular complexity index is 283. The molecule has 0 saturated heterocycles. The Kier molecular flexibility index (Phi) is 8.80. The van der Waals surface area contributed by atoms with Crippen LogP contribution in [0.2, 0.25) is 0 Å². The van der Waals surface area contributed by atoms with Crippen LogP contribution in [-0.2, 0) is 9.59 Å². The van der Waals surface area contributed by atoms with Gasteiger partial charge in [-0.2, -0.15) is 0 Å². The molecular weight excluding hydrogens is 248 g/mol. The molecule has 116 valence electrons. The zero-order chi connectivity index (χ0) is 14.8. The average Bonchev–Trinajstić information content (AvgIpc) is 2.48. The van der Waals surface area contributed by atoms with Gasteiger partial charge in [0.05, 0.1) is 0 Å². The molecule has 0 radical (unpaired) electrons. The quantitative estimate of drug-likeness (QED) is 0.668. The van der Waals surface area contributed by atoms with Gasteiger partial charge in [0.15, 0.2) is 0 Å². The van der Waals surface area contributed by atoms with E-state index in [9.17, 15) is 9.59 Å². The molecule has 3 unspecified atom stereocenters. The molecule has 0 bridgehead atoms. The number of ketones is 1. The molecule has 2 saturated carbocycles. The van der Waals surface area contributed by atoms with Crippen molar-refractivity contribution in [3.63, 3.8) is 0 Å². The summed E-state index contributed by atoms with van der Waals surface area (Å²) in [6.45, 7) is 3.93. The highest BCUT2D eigenvalue weighted by molar-refractivity contribution is 5.78. The molecule has 0 aromatic heterocycles. The average molecular weight is 280 g/mol.